The maximum absolute atomic E-state index is 12.7. The van der Waals surface area contributed by atoms with E-state index in [1.165, 1.54) is 41.0 Å². The number of carbonyl (C=O) groups is 1. The van der Waals surface area contributed by atoms with Crippen LogP contribution in [0.1, 0.15) is 22.3 Å². The maximum Gasteiger partial charge on any atom is 0.573 e. The van der Waals surface area contributed by atoms with E-state index in [9.17, 15) is 22.8 Å². The Kier molecular flexibility index (Phi) is 7.31. The first kappa shape index (κ1) is 23.5. The SMILES string of the molecule is COCCCn1c(=S)[nH]c2cc(C(=O)NCc3ccc(OC(F)(F)F)cc3)ccc2c1=O. The van der Waals surface area contributed by atoms with Crippen molar-refractivity contribution in [2.75, 3.05) is 13.7 Å². The summed E-state index contributed by atoms with van der Waals surface area (Å²) < 4.78 is 47.2. The second kappa shape index (κ2) is 9.96. The smallest absolute Gasteiger partial charge is 0.406 e. The second-order valence-corrected chi connectivity index (χ2v) is 7.25. The van der Waals surface area contributed by atoms with Crippen LogP contribution in [-0.4, -0.2) is 35.5 Å². The third-order valence-electron chi connectivity index (χ3n) is 4.58. The van der Waals surface area contributed by atoms with E-state index in [2.05, 4.69) is 15.0 Å². The van der Waals surface area contributed by atoms with Gasteiger partial charge in [0.25, 0.3) is 11.5 Å². The first-order valence-corrected chi connectivity index (χ1v) is 9.97. The lowest BCUT2D eigenvalue weighted by atomic mass is 10.1. The van der Waals surface area contributed by atoms with Crippen LogP contribution in [-0.2, 0) is 17.8 Å². The van der Waals surface area contributed by atoms with Gasteiger partial charge in [-0.1, -0.05) is 12.1 Å². The Hall–Kier alpha value is -3.18. The molecule has 11 heteroatoms. The number of nitrogens with one attached hydrogen (secondary N) is 2. The highest BCUT2D eigenvalue weighted by Gasteiger charge is 2.30. The molecule has 0 unspecified atom stereocenters. The molecule has 2 N–H and O–H groups in total. The van der Waals surface area contributed by atoms with Crippen LogP contribution in [0.2, 0.25) is 0 Å². The van der Waals surface area contributed by atoms with Crippen molar-refractivity contribution in [3.8, 4) is 5.75 Å². The summed E-state index contributed by atoms with van der Waals surface area (Å²) in [5.41, 5.74) is 1.07. The van der Waals surface area contributed by atoms with Crippen molar-refractivity contribution in [3.05, 3.63) is 68.7 Å². The molecule has 1 heterocycles. The fraction of sp³-hybridized carbons (Fsp3) is 0.286. The summed E-state index contributed by atoms with van der Waals surface area (Å²) in [6.07, 6.45) is -4.13. The quantitative estimate of drug-likeness (QED) is 0.388. The van der Waals surface area contributed by atoms with Gasteiger partial charge in [0, 0.05) is 32.4 Å². The number of fused-ring (bicyclic) bond motifs is 1. The zero-order valence-electron chi connectivity index (χ0n) is 17.0. The van der Waals surface area contributed by atoms with Crippen molar-refractivity contribution in [1.29, 1.82) is 0 Å². The monoisotopic (exact) mass is 467 g/mol. The van der Waals surface area contributed by atoms with Gasteiger partial charge in [-0.15, -0.1) is 13.2 Å². The molecule has 1 aromatic heterocycles. The molecular formula is C21H20F3N3O4S. The number of nitrogens with zero attached hydrogens (tertiary/aromatic N) is 1. The zero-order valence-corrected chi connectivity index (χ0v) is 17.8. The van der Waals surface area contributed by atoms with Gasteiger partial charge in [-0.05, 0) is 54.5 Å². The number of ether oxygens (including phenoxy) is 2. The van der Waals surface area contributed by atoms with Crippen LogP contribution >= 0.6 is 12.2 Å². The van der Waals surface area contributed by atoms with E-state index in [-0.39, 0.29) is 22.6 Å². The van der Waals surface area contributed by atoms with Crippen molar-refractivity contribution in [1.82, 2.24) is 14.9 Å². The van der Waals surface area contributed by atoms with Gasteiger partial charge in [-0.25, -0.2) is 0 Å². The molecule has 7 nitrogen and oxygen atoms in total. The first-order valence-electron chi connectivity index (χ1n) is 9.56. The number of aromatic amines is 1. The molecule has 0 radical (unpaired) electrons. The number of amides is 1. The number of benzene rings is 2. The average molecular weight is 467 g/mol. The average Bonchev–Trinajstić information content (AvgIpc) is 2.74. The van der Waals surface area contributed by atoms with Crippen LogP contribution in [0.25, 0.3) is 10.9 Å². The van der Waals surface area contributed by atoms with Crippen molar-refractivity contribution >= 4 is 29.0 Å². The van der Waals surface area contributed by atoms with E-state index < -0.39 is 12.3 Å². The predicted octanol–water partition coefficient (Wildman–Crippen LogP) is 3.92. The first-order chi connectivity index (χ1) is 15.2. The number of hydrogen-bond donors (Lipinski definition) is 2. The molecule has 0 aliphatic heterocycles. The molecular weight excluding hydrogens is 447 g/mol. The van der Waals surface area contributed by atoms with Gasteiger partial charge >= 0.3 is 6.36 Å². The van der Waals surface area contributed by atoms with Crippen molar-refractivity contribution < 1.29 is 27.4 Å². The van der Waals surface area contributed by atoms with E-state index in [0.717, 1.165) is 0 Å². The molecule has 3 rings (SSSR count). The molecule has 2 aromatic carbocycles. The normalized spacial score (nSPS) is 11.5. The highest BCUT2D eigenvalue weighted by atomic mass is 32.1. The van der Waals surface area contributed by atoms with Crippen LogP contribution in [0, 0.1) is 4.77 Å². The minimum atomic E-state index is -4.76. The maximum atomic E-state index is 12.7. The minimum Gasteiger partial charge on any atom is -0.406 e. The summed E-state index contributed by atoms with van der Waals surface area (Å²) in [5, 5.41) is 3.08. The van der Waals surface area contributed by atoms with Crippen molar-refractivity contribution in [2.24, 2.45) is 0 Å². The molecule has 0 saturated heterocycles. The lowest BCUT2D eigenvalue weighted by Crippen LogP contribution is -2.24. The fourth-order valence-electron chi connectivity index (χ4n) is 3.06. The highest BCUT2D eigenvalue weighted by Crippen LogP contribution is 2.22. The molecule has 0 aliphatic rings. The Morgan fingerprint density at radius 3 is 2.56 bits per heavy atom. The number of hydrogen-bond acceptors (Lipinski definition) is 5. The molecule has 3 aromatic rings. The number of H-pyrrole nitrogens is 1. The van der Waals surface area contributed by atoms with Gasteiger partial charge < -0.3 is 19.8 Å². The lowest BCUT2D eigenvalue weighted by molar-refractivity contribution is -0.274. The van der Waals surface area contributed by atoms with Crippen molar-refractivity contribution in [3.63, 3.8) is 0 Å². The molecule has 170 valence electrons. The Bertz CT molecular complexity index is 1220. The molecule has 32 heavy (non-hydrogen) atoms. The number of rotatable bonds is 8. The van der Waals surface area contributed by atoms with Crippen molar-refractivity contribution in [2.45, 2.75) is 25.9 Å². The minimum absolute atomic E-state index is 0.0975. The van der Waals surface area contributed by atoms with Gasteiger partial charge in [0.15, 0.2) is 4.77 Å². The Balaban J connectivity index is 1.71. The third-order valence-corrected chi connectivity index (χ3v) is 4.91. The molecule has 1 amide bonds. The van der Waals surface area contributed by atoms with Crippen LogP contribution in [0.3, 0.4) is 0 Å². The van der Waals surface area contributed by atoms with Crippen LogP contribution in [0.4, 0.5) is 13.2 Å². The zero-order chi connectivity index (χ0) is 23.3. The topological polar surface area (TPSA) is 85.3 Å². The molecule has 0 saturated carbocycles. The van der Waals surface area contributed by atoms with E-state index in [1.807, 2.05) is 0 Å². The molecule has 0 atom stereocenters. The van der Waals surface area contributed by atoms with Gasteiger partial charge in [0.05, 0.1) is 10.9 Å². The van der Waals surface area contributed by atoms with E-state index in [1.54, 1.807) is 13.2 Å². The summed E-state index contributed by atoms with van der Waals surface area (Å²) in [5.74, 6) is -0.753. The van der Waals surface area contributed by atoms with Gasteiger partial charge in [-0.2, -0.15) is 0 Å². The lowest BCUT2D eigenvalue weighted by Gasteiger charge is -2.11. The number of methoxy groups -OCH3 is 1. The van der Waals surface area contributed by atoms with Gasteiger partial charge in [0.1, 0.15) is 5.75 Å². The Morgan fingerprint density at radius 1 is 1.19 bits per heavy atom. The summed E-state index contributed by atoms with van der Waals surface area (Å²) in [7, 11) is 1.58. The number of alkyl halides is 3. The summed E-state index contributed by atoms with van der Waals surface area (Å²) in [6, 6.07) is 9.78. The molecule has 0 aliphatic carbocycles. The third kappa shape index (κ3) is 5.95. The molecule has 0 bridgehead atoms. The van der Waals surface area contributed by atoms with E-state index >= 15 is 0 Å². The highest BCUT2D eigenvalue weighted by molar-refractivity contribution is 7.71. The van der Waals surface area contributed by atoms with Gasteiger partial charge in [0.2, 0.25) is 0 Å². The summed E-state index contributed by atoms with van der Waals surface area (Å²) >= 11 is 5.27. The summed E-state index contributed by atoms with van der Waals surface area (Å²) in [6.45, 7) is 1.00. The van der Waals surface area contributed by atoms with Gasteiger partial charge in [-0.3, -0.25) is 14.2 Å². The van der Waals surface area contributed by atoms with E-state index in [4.69, 9.17) is 17.0 Å². The largest absolute Gasteiger partial charge is 0.573 e. The molecule has 0 fully saturated rings. The number of carbonyl (C=O) groups excluding carboxylic acids is 1. The predicted molar refractivity (Wildman–Crippen MR) is 114 cm³/mol. The Morgan fingerprint density at radius 2 is 1.91 bits per heavy atom. The second-order valence-electron chi connectivity index (χ2n) is 6.87. The van der Waals surface area contributed by atoms with Crippen LogP contribution in [0.15, 0.2) is 47.3 Å². The van der Waals surface area contributed by atoms with Crippen LogP contribution < -0.4 is 15.6 Å². The summed E-state index contributed by atoms with van der Waals surface area (Å²) in [4.78, 5) is 28.2. The molecule has 0 spiro atoms. The fourth-order valence-corrected chi connectivity index (χ4v) is 3.34. The van der Waals surface area contributed by atoms with E-state index in [0.29, 0.717) is 41.6 Å². The number of halogens is 3. The number of aromatic nitrogens is 2. The Labute approximate surface area is 185 Å². The standard InChI is InChI=1S/C21H20F3N3O4S/c1-30-10-2-9-27-19(29)16-8-5-14(11-17(16)26-20(27)32)18(28)25-12-13-3-6-15(7-4-13)31-21(22,23)24/h3-8,11H,2,9-10,12H2,1H3,(H,25,28)(H,26,32). The van der Waals surface area contributed by atoms with Crippen LogP contribution in [0.5, 0.6) is 5.75 Å².